The fourth-order valence-corrected chi connectivity index (χ4v) is 5.04. The van der Waals surface area contributed by atoms with Crippen LogP contribution in [0.4, 0.5) is 4.39 Å². The number of hydrogen-bond donors (Lipinski definition) is 1. The van der Waals surface area contributed by atoms with Crippen LogP contribution in [0.15, 0.2) is 47.4 Å². The van der Waals surface area contributed by atoms with Gasteiger partial charge in [0.15, 0.2) is 6.10 Å². The summed E-state index contributed by atoms with van der Waals surface area (Å²) in [6.45, 7) is 2.24. The summed E-state index contributed by atoms with van der Waals surface area (Å²) < 4.78 is 51.5. The summed E-state index contributed by atoms with van der Waals surface area (Å²) >= 11 is 0. The molecule has 10 heteroatoms. The highest BCUT2D eigenvalue weighted by atomic mass is 32.2. The molecule has 0 saturated carbocycles. The Morgan fingerprint density at radius 2 is 1.76 bits per heavy atom. The van der Waals surface area contributed by atoms with Gasteiger partial charge in [0.25, 0.3) is 5.91 Å². The lowest BCUT2D eigenvalue weighted by molar-refractivity contribution is -0.129. The minimum absolute atomic E-state index is 0.151. The van der Waals surface area contributed by atoms with E-state index < -0.39 is 38.7 Å². The van der Waals surface area contributed by atoms with Crippen LogP contribution in [0.25, 0.3) is 0 Å². The van der Waals surface area contributed by atoms with E-state index in [1.807, 2.05) is 0 Å². The van der Waals surface area contributed by atoms with Gasteiger partial charge in [-0.2, -0.15) is 4.31 Å². The van der Waals surface area contributed by atoms with E-state index in [1.165, 1.54) is 11.2 Å². The van der Waals surface area contributed by atoms with Crippen molar-refractivity contribution in [3.05, 3.63) is 59.4 Å². The van der Waals surface area contributed by atoms with Gasteiger partial charge in [-0.25, -0.2) is 17.6 Å². The van der Waals surface area contributed by atoms with Gasteiger partial charge in [0.05, 0.1) is 12.7 Å². The van der Waals surface area contributed by atoms with Crippen LogP contribution in [-0.4, -0.2) is 50.9 Å². The van der Waals surface area contributed by atoms with Crippen molar-refractivity contribution in [1.82, 2.24) is 9.62 Å². The molecule has 2 aromatic rings. The number of hydrogen-bond acceptors (Lipinski definition) is 6. The SMILES string of the molecule is COc1ccc(CNC(=O)[C@@H](C)OC(=O)c2ccc(F)c(S(=O)(=O)N3CCCCC3)c2)cc1. The van der Waals surface area contributed by atoms with E-state index >= 15 is 0 Å². The minimum Gasteiger partial charge on any atom is -0.497 e. The first kappa shape index (κ1) is 24.7. The Kier molecular flexibility index (Phi) is 8.04. The summed E-state index contributed by atoms with van der Waals surface area (Å²) in [5.41, 5.74) is 0.676. The van der Waals surface area contributed by atoms with Gasteiger partial charge in [0.2, 0.25) is 10.0 Å². The van der Waals surface area contributed by atoms with Crippen molar-refractivity contribution in [1.29, 1.82) is 0 Å². The highest BCUT2D eigenvalue weighted by Crippen LogP contribution is 2.24. The molecule has 1 fully saturated rings. The third kappa shape index (κ3) is 6.08. The Morgan fingerprint density at radius 1 is 1.09 bits per heavy atom. The molecule has 0 radical (unpaired) electrons. The van der Waals surface area contributed by atoms with Gasteiger partial charge in [-0.15, -0.1) is 0 Å². The number of piperidine rings is 1. The number of carbonyl (C=O) groups excluding carboxylic acids is 2. The topological polar surface area (TPSA) is 102 Å². The standard InChI is InChI=1S/C23H27FN2O6S/c1-16(22(27)25-15-17-6-9-19(31-2)10-7-17)32-23(28)18-8-11-20(24)21(14-18)33(29,30)26-12-4-3-5-13-26/h6-11,14,16H,3-5,12-13,15H2,1-2H3,(H,25,27)/t16-/m1/s1. The van der Waals surface area contributed by atoms with Gasteiger partial charge in [-0.05, 0) is 55.7 Å². The van der Waals surface area contributed by atoms with Crippen LogP contribution in [0, 0.1) is 5.82 Å². The third-order valence-corrected chi connectivity index (χ3v) is 7.29. The number of benzene rings is 2. The third-order valence-electron chi connectivity index (χ3n) is 5.38. The molecule has 0 aliphatic carbocycles. The van der Waals surface area contributed by atoms with Gasteiger partial charge in [-0.1, -0.05) is 18.6 Å². The predicted octanol–water partition coefficient (Wildman–Crippen LogP) is 2.87. The Hall–Kier alpha value is -2.98. The molecule has 3 rings (SSSR count). The summed E-state index contributed by atoms with van der Waals surface area (Å²) in [6, 6.07) is 10.1. The average Bonchev–Trinajstić information content (AvgIpc) is 2.83. The van der Waals surface area contributed by atoms with E-state index in [2.05, 4.69) is 5.32 Å². The van der Waals surface area contributed by atoms with E-state index in [1.54, 1.807) is 31.4 Å². The first-order valence-electron chi connectivity index (χ1n) is 10.6. The predicted molar refractivity (Wildman–Crippen MR) is 119 cm³/mol. The van der Waals surface area contributed by atoms with E-state index in [4.69, 9.17) is 9.47 Å². The first-order chi connectivity index (χ1) is 15.7. The van der Waals surface area contributed by atoms with Crippen molar-refractivity contribution in [2.45, 2.75) is 43.7 Å². The van der Waals surface area contributed by atoms with Gasteiger partial charge < -0.3 is 14.8 Å². The Morgan fingerprint density at radius 3 is 2.39 bits per heavy atom. The lowest BCUT2D eigenvalue weighted by Crippen LogP contribution is -2.36. The fraction of sp³-hybridized carbons (Fsp3) is 0.391. The van der Waals surface area contributed by atoms with Gasteiger partial charge in [0.1, 0.15) is 16.5 Å². The summed E-state index contributed by atoms with van der Waals surface area (Å²) in [5.74, 6) is -1.70. The van der Waals surface area contributed by atoms with Crippen molar-refractivity contribution in [3.63, 3.8) is 0 Å². The van der Waals surface area contributed by atoms with Crippen LogP contribution in [0.3, 0.4) is 0 Å². The molecule has 1 amide bonds. The molecule has 1 N–H and O–H groups in total. The molecular weight excluding hydrogens is 451 g/mol. The van der Waals surface area contributed by atoms with E-state index in [0.29, 0.717) is 31.7 Å². The average molecular weight is 479 g/mol. The number of sulfonamides is 1. The number of nitrogens with zero attached hydrogens (tertiary/aromatic N) is 1. The number of ether oxygens (including phenoxy) is 2. The second-order valence-corrected chi connectivity index (χ2v) is 9.63. The second-order valence-electron chi connectivity index (χ2n) is 7.72. The largest absolute Gasteiger partial charge is 0.497 e. The molecule has 0 bridgehead atoms. The molecule has 1 heterocycles. The van der Waals surface area contributed by atoms with Crippen molar-refractivity contribution in [2.24, 2.45) is 0 Å². The molecule has 33 heavy (non-hydrogen) atoms. The van der Waals surface area contributed by atoms with Crippen molar-refractivity contribution < 1.29 is 31.9 Å². The number of carbonyl (C=O) groups is 2. The molecule has 0 aromatic heterocycles. The highest BCUT2D eigenvalue weighted by Gasteiger charge is 2.30. The number of amides is 1. The quantitative estimate of drug-likeness (QED) is 0.586. The van der Waals surface area contributed by atoms with E-state index in [9.17, 15) is 22.4 Å². The maximum absolute atomic E-state index is 14.4. The first-order valence-corrected chi connectivity index (χ1v) is 12.1. The minimum atomic E-state index is -4.08. The van der Waals surface area contributed by atoms with Crippen LogP contribution in [-0.2, 0) is 26.1 Å². The molecule has 1 saturated heterocycles. The smallest absolute Gasteiger partial charge is 0.338 e. The summed E-state index contributed by atoms with van der Waals surface area (Å²) in [5, 5.41) is 2.66. The lowest BCUT2D eigenvalue weighted by Gasteiger charge is -2.26. The zero-order valence-corrected chi connectivity index (χ0v) is 19.4. The molecule has 1 aliphatic rings. The molecule has 2 aromatic carbocycles. The summed E-state index contributed by atoms with van der Waals surface area (Å²) in [6.07, 6.45) is 1.18. The molecule has 0 unspecified atom stereocenters. The Labute approximate surface area is 192 Å². The summed E-state index contributed by atoms with van der Waals surface area (Å²) in [4.78, 5) is 24.3. The molecular formula is C23H27FN2O6S. The van der Waals surface area contributed by atoms with Crippen LogP contribution in [0.5, 0.6) is 5.75 Å². The zero-order valence-electron chi connectivity index (χ0n) is 18.5. The van der Waals surface area contributed by atoms with Crippen molar-refractivity contribution in [3.8, 4) is 5.75 Å². The number of esters is 1. The van der Waals surface area contributed by atoms with Gasteiger partial charge >= 0.3 is 5.97 Å². The maximum Gasteiger partial charge on any atom is 0.338 e. The fourth-order valence-electron chi connectivity index (χ4n) is 3.43. The zero-order chi connectivity index (χ0) is 24.0. The van der Waals surface area contributed by atoms with Crippen LogP contribution >= 0.6 is 0 Å². The molecule has 1 atom stereocenters. The number of methoxy groups -OCH3 is 1. The van der Waals surface area contributed by atoms with Crippen LogP contribution < -0.4 is 10.1 Å². The highest BCUT2D eigenvalue weighted by molar-refractivity contribution is 7.89. The normalized spacial score (nSPS) is 15.5. The van der Waals surface area contributed by atoms with Crippen molar-refractivity contribution in [2.75, 3.05) is 20.2 Å². The van der Waals surface area contributed by atoms with E-state index in [0.717, 1.165) is 30.2 Å². The molecule has 1 aliphatic heterocycles. The molecule has 178 valence electrons. The lowest BCUT2D eigenvalue weighted by atomic mass is 10.2. The van der Waals surface area contributed by atoms with Crippen LogP contribution in [0.1, 0.15) is 42.1 Å². The van der Waals surface area contributed by atoms with Gasteiger partial charge in [0, 0.05) is 19.6 Å². The second kappa shape index (κ2) is 10.8. The molecule has 0 spiro atoms. The Bertz CT molecular complexity index is 1100. The van der Waals surface area contributed by atoms with Crippen LogP contribution in [0.2, 0.25) is 0 Å². The van der Waals surface area contributed by atoms with E-state index in [-0.39, 0.29) is 12.1 Å². The summed E-state index contributed by atoms with van der Waals surface area (Å²) in [7, 11) is -2.52. The number of halogens is 1. The number of rotatable bonds is 8. The molecule has 8 nitrogen and oxygen atoms in total. The monoisotopic (exact) mass is 478 g/mol. The number of nitrogens with one attached hydrogen (secondary N) is 1. The Balaban J connectivity index is 1.64. The maximum atomic E-state index is 14.4. The van der Waals surface area contributed by atoms with Gasteiger partial charge in [-0.3, -0.25) is 4.79 Å². The van der Waals surface area contributed by atoms with Crippen molar-refractivity contribution >= 4 is 21.9 Å².